The Kier molecular flexibility index (Phi) is 5.67. The molecule has 7 heteroatoms. The van der Waals surface area contributed by atoms with Crippen molar-refractivity contribution in [3.63, 3.8) is 0 Å². The van der Waals surface area contributed by atoms with E-state index in [0.717, 1.165) is 4.31 Å². The quantitative estimate of drug-likeness (QED) is 0.754. The van der Waals surface area contributed by atoms with Gasteiger partial charge in [0.25, 0.3) is 0 Å². The van der Waals surface area contributed by atoms with Crippen molar-refractivity contribution >= 4 is 15.9 Å². The topological polar surface area (TPSA) is 106 Å². The van der Waals surface area contributed by atoms with Crippen molar-refractivity contribution in [2.45, 2.75) is 25.3 Å². The van der Waals surface area contributed by atoms with Gasteiger partial charge in [-0.1, -0.05) is 32.0 Å². The van der Waals surface area contributed by atoms with Crippen LogP contribution in [0, 0.1) is 5.92 Å². The number of hydrogen-bond donors (Lipinski definition) is 2. The van der Waals surface area contributed by atoms with E-state index < -0.39 is 15.9 Å². The van der Waals surface area contributed by atoms with Crippen molar-refractivity contribution in [2.75, 3.05) is 13.1 Å². The number of rotatable bonds is 7. The van der Waals surface area contributed by atoms with Crippen molar-refractivity contribution < 1.29 is 13.2 Å². The molecule has 0 radical (unpaired) electrons. The second kappa shape index (κ2) is 6.83. The fourth-order valence-electron chi connectivity index (χ4n) is 1.89. The zero-order chi connectivity index (χ0) is 15.3. The molecule has 0 spiro atoms. The van der Waals surface area contributed by atoms with Crippen LogP contribution in [-0.2, 0) is 21.4 Å². The van der Waals surface area contributed by atoms with Crippen molar-refractivity contribution in [2.24, 2.45) is 17.4 Å². The maximum absolute atomic E-state index is 12.6. The molecule has 0 fully saturated rings. The van der Waals surface area contributed by atoms with Crippen LogP contribution >= 0.6 is 0 Å². The monoisotopic (exact) mass is 299 g/mol. The lowest BCUT2D eigenvalue weighted by atomic mass is 10.2. The summed E-state index contributed by atoms with van der Waals surface area (Å²) >= 11 is 0. The van der Waals surface area contributed by atoms with Gasteiger partial charge < -0.3 is 11.5 Å². The Bertz CT molecular complexity index is 570. The van der Waals surface area contributed by atoms with Gasteiger partial charge in [-0.15, -0.1) is 0 Å². The number of nitrogens with two attached hydrogens (primary N) is 2. The molecule has 4 N–H and O–H groups in total. The van der Waals surface area contributed by atoms with Gasteiger partial charge in [0.15, 0.2) is 0 Å². The SMILES string of the molecule is CC(C)CN(CC(N)=O)S(=O)(=O)c1ccccc1CN. The molecule has 0 atom stereocenters. The minimum Gasteiger partial charge on any atom is -0.369 e. The normalized spacial score (nSPS) is 12.1. The number of hydrogen-bond acceptors (Lipinski definition) is 4. The van der Waals surface area contributed by atoms with E-state index in [-0.39, 0.29) is 30.4 Å². The molecule has 6 nitrogen and oxygen atoms in total. The van der Waals surface area contributed by atoms with E-state index in [1.54, 1.807) is 18.2 Å². The van der Waals surface area contributed by atoms with Crippen molar-refractivity contribution in [3.05, 3.63) is 29.8 Å². The predicted octanol–water partition coefficient (Wildman–Crippen LogP) is 0.277. The van der Waals surface area contributed by atoms with Crippen molar-refractivity contribution in [1.29, 1.82) is 0 Å². The summed E-state index contributed by atoms with van der Waals surface area (Å²) in [6.07, 6.45) is 0. The zero-order valence-corrected chi connectivity index (χ0v) is 12.6. The first-order chi connectivity index (χ1) is 9.28. The van der Waals surface area contributed by atoms with Crippen LogP contribution in [0.2, 0.25) is 0 Å². The number of sulfonamides is 1. The fourth-order valence-corrected chi connectivity index (χ4v) is 3.69. The van der Waals surface area contributed by atoms with E-state index >= 15 is 0 Å². The Hall–Kier alpha value is -1.44. The third kappa shape index (κ3) is 4.03. The van der Waals surface area contributed by atoms with E-state index in [0.29, 0.717) is 5.56 Å². The lowest BCUT2D eigenvalue weighted by Crippen LogP contribution is -2.40. The Balaban J connectivity index is 3.24. The van der Waals surface area contributed by atoms with Crippen molar-refractivity contribution in [1.82, 2.24) is 4.31 Å². The van der Waals surface area contributed by atoms with E-state index in [1.807, 2.05) is 13.8 Å². The van der Waals surface area contributed by atoms with Crippen LogP contribution in [0.4, 0.5) is 0 Å². The molecule has 0 saturated heterocycles. The van der Waals surface area contributed by atoms with Gasteiger partial charge in [0.05, 0.1) is 11.4 Å². The average Bonchev–Trinajstić information content (AvgIpc) is 2.36. The molecular weight excluding hydrogens is 278 g/mol. The summed E-state index contributed by atoms with van der Waals surface area (Å²) < 4.78 is 26.4. The first-order valence-electron chi connectivity index (χ1n) is 6.35. The Morgan fingerprint density at radius 3 is 2.40 bits per heavy atom. The summed E-state index contributed by atoms with van der Waals surface area (Å²) in [5.41, 5.74) is 11.2. The fraction of sp³-hybridized carbons (Fsp3) is 0.462. The molecule has 0 aliphatic carbocycles. The van der Waals surface area contributed by atoms with Gasteiger partial charge in [0.2, 0.25) is 15.9 Å². The van der Waals surface area contributed by atoms with Crippen LogP contribution in [0.5, 0.6) is 0 Å². The average molecular weight is 299 g/mol. The minimum absolute atomic E-state index is 0.0779. The molecule has 0 aromatic heterocycles. The van der Waals surface area contributed by atoms with Gasteiger partial charge in [-0.3, -0.25) is 4.79 Å². The maximum atomic E-state index is 12.6. The number of benzene rings is 1. The summed E-state index contributed by atoms with van der Waals surface area (Å²) in [7, 11) is -3.78. The molecule has 1 aromatic rings. The summed E-state index contributed by atoms with van der Waals surface area (Å²) in [5, 5.41) is 0. The summed E-state index contributed by atoms with van der Waals surface area (Å²) in [4.78, 5) is 11.2. The highest BCUT2D eigenvalue weighted by Gasteiger charge is 2.28. The molecule has 0 bridgehead atoms. The highest BCUT2D eigenvalue weighted by molar-refractivity contribution is 7.89. The van der Waals surface area contributed by atoms with E-state index in [9.17, 15) is 13.2 Å². The van der Waals surface area contributed by atoms with Crippen LogP contribution in [0.15, 0.2) is 29.2 Å². The second-order valence-electron chi connectivity index (χ2n) is 4.97. The Labute approximate surface area is 119 Å². The smallest absolute Gasteiger partial charge is 0.243 e. The first-order valence-corrected chi connectivity index (χ1v) is 7.79. The Morgan fingerprint density at radius 2 is 1.90 bits per heavy atom. The highest BCUT2D eigenvalue weighted by Crippen LogP contribution is 2.20. The second-order valence-corrected chi connectivity index (χ2v) is 6.88. The lowest BCUT2D eigenvalue weighted by molar-refractivity contribution is -0.118. The number of carbonyl (C=O) groups is 1. The van der Waals surface area contributed by atoms with Crippen LogP contribution < -0.4 is 11.5 Å². The lowest BCUT2D eigenvalue weighted by Gasteiger charge is -2.23. The minimum atomic E-state index is -3.78. The van der Waals surface area contributed by atoms with Crippen LogP contribution in [-0.4, -0.2) is 31.7 Å². The molecule has 0 unspecified atom stereocenters. The molecule has 1 amide bonds. The van der Waals surface area contributed by atoms with Crippen molar-refractivity contribution in [3.8, 4) is 0 Å². The third-order valence-corrected chi connectivity index (χ3v) is 4.62. The number of primary amides is 1. The summed E-state index contributed by atoms with van der Waals surface area (Å²) in [6, 6.07) is 6.50. The molecule has 1 aromatic carbocycles. The zero-order valence-electron chi connectivity index (χ0n) is 11.7. The molecule has 0 aliphatic rings. The third-order valence-electron chi connectivity index (χ3n) is 2.71. The first kappa shape index (κ1) is 16.6. The van der Waals surface area contributed by atoms with Gasteiger partial charge in [-0.2, -0.15) is 4.31 Å². The van der Waals surface area contributed by atoms with Gasteiger partial charge in [-0.05, 0) is 17.5 Å². The van der Waals surface area contributed by atoms with Crippen LogP contribution in [0.25, 0.3) is 0 Å². The number of amides is 1. The molecule has 112 valence electrons. The number of nitrogens with zero attached hydrogens (tertiary/aromatic N) is 1. The molecule has 0 heterocycles. The molecule has 20 heavy (non-hydrogen) atoms. The van der Waals surface area contributed by atoms with E-state index in [1.165, 1.54) is 6.07 Å². The summed E-state index contributed by atoms with van der Waals surface area (Å²) in [6.45, 7) is 3.75. The standard InChI is InChI=1S/C13H21N3O3S/c1-10(2)8-16(9-13(15)17)20(18,19)12-6-4-3-5-11(12)7-14/h3-6,10H,7-9,14H2,1-2H3,(H2,15,17). The maximum Gasteiger partial charge on any atom is 0.243 e. The van der Waals surface area contributed by atoms with Gasteiger partial charge in [-0.25, -0.2) is 8.42 Å². The Morgan fingerprint density at radius 1 is 1.30 bits per heavy atom. The van der Waals surface area contributed by atoms with E-state index in [2.05, 4.69) is 0 Å². The number of carbonyl (C=O) groups excluding carboxylic acids is 1. The van der Waals surface area contributed by atoms with E-state index in [4.69, 9.17) is 11.5 Å². The summed E-state index contributed by atoms with van der Waals surface area (Å²) in [5.74, 6) is -0.603. The molecular formula is C13H21N3O3S. The van der Waals surface area contributed by atoms with Gasteiger partial charge >= 0.3 is 0 Å². The molecule has 0 saturated carbocycles. The molecule has 0 aliphatic heterocycles. The van der Waals surface area contributed by atoms with Gasteiger partial charge in [0, 0.05) is 13.1 Å². The predicted molar refractivity (Wildman–Crippen MR) is 77.1 cm³/mol. The van der Waals surface area contributed by atoms with Crippen LogP contribution in [0.1, 0.15) is 19.4 Å². The van der Waals surface area contributed by atoms with Gasteiger partial charge in [0.1, 0.15) is 0 Å². The molecule has 1 rings (SSSR count). The highest BCUT2D eigenvalue weighted by atomic mass is 32.2. The largest absolute Gasteiger partial charge is 0.369 e. The van der Waals surface area contributed by atoms with Crippen LogP contribution in [0.3, 0.4) is 0 Å².